The van der Waals surface area contributed by atoms with Gasteiger partial charge in [0.05, 0.1) is 23.1 Å². The Kier molecular flexibility index (Phi) is 8.90. The molecule has 0 aliphatic carbocycles. The van der Waals surface area contributed by atoms with Gasteiger partial charge in [-0.3, -0.25) is 9.97 Å². The molecule has 0 N–H and O–H groups in total. The molecule has 2 aromatic carbocycles. The zero-order valence-electron chi connectivity index (χ0n) is 18.9. The van der Waals surface area contributed by atoms with E-state index in [9.17, 15) is 9.18 Å². The van der Waals surface area contributed by atoms with Gasteiger partial charge in [-0.2, -0.15) is 0 Å². The highest BCUT2D eigenvalue weighted by Gasteiger charge is 2.13. The van der Waals surface area contributed by atoms with Gasteiger partial charge in [0.1, 0.15) is 0 Å². The van der Waals surface area contributed by atoms with Crippen LogP contribution in [0, 0.1) is 5.82 Å². The second kappa shape index (κ2) is 12.1. The van der Waals surface area contributed by atoms with Crippen molar-refractivity contribution < 1.29 is 13.9 Å². The quantitative estimate of drug-likeness (QED) is 0.186. The highest BCUT2D eigenvalue weighted by Crippen LogP contribution is 2.22. The summed E-state index contributed by atoms with van der Waals surface area (Å²) >= 11 is 0. The van der Waals surface area contributed by atoms with Gasteiger partial charge in [0.25, 0.3) is 0 Å². The van der Waals surface area contributed by atoms with E-state index in [2.05, 4.69) is 16.9 Å². The van der Waals surface area contributed by atoms with Crippen LogP contribution in [-0.2, 0) is 12.8 Å². The number of esters is 1. The zero-order chi connectivity index (χ0) is 22.8. The fourth-order valence-electron chi connectivity index (χ4n) is 3.55. The Morgan fingerprint density at radius 2 is 1.66 bits per heavy atom. The Labute approximate surface area is 189 Å². The van der Waals surface area contributed by atoms with E-state index in [0.29, 0.717) is 5.56 Å². The topological polar surface area (TPSA) is 52.1 Å². The first kappa shape index (κ1) is 23.6. The van der Waals surface area contributed by atoms with Gasteiger partial charge in [-0.15, -0.1) is 0 Å². The lowest BCUT2D eigenvalue weighted by atomic mass is 10.1. The van der Waals surface area contributed by atoms with Crippen molar-refractivity contribution >= 4 is 5.97 Å². The fourth-order valence-corrected chi connectivity index (χ4v) is 3.55. The van der Waals surface area contributed by atoms with Crippen molar-refractivity contribution in [3.05, 3.63) is 77.5 Å². The van der Waals surface area contributed by atoms with Crippen LogP contribution in [0.4, 0.5) is 4.39 Å². The monoisotopic (exact) mass is 434 g/mol. The molecule has 0 radical (unpaired) electrons. The summed E-state index contributed by atoms with van der Waals surface area (Å²) in [5, 5.41) is 0. The van der Waals surface area contributed by atoms with Gasteiger partial charge < -0.3 is 4.74 Å². The largest absolute Gasteiger partial charge is 0.420 e. The van der Waals surface area contributed by atoms with E-state index in [1.54, 1.807) is 36.5 Å². The molecule has 5 heteroatoms. The van der Waals surface area contributed by atoms with Crippen molar-refractivity contribution in [2.24, 2.45) is 0 Å². The van der Waals surface area contributed by atoms with Crippen molar-refractivity contribution in [3.63, 3.8) is 0 Å². The van der Waals surface area contributed by atoms with Gasteiger partial charge >= 0.3 is 5.97 Å². The van der Waals surface area contributed by atoms with Crippen molar-refractivity contribution in [3.8, 4) is 17.0 Å². The Morgan fingerprint density at radius 1 is 0.875 bits per heavy atom. The molecule has 0 amide bonds. The summed E-state index contributed by atoms with van der Waals surface area (Å²) in [5.74, 6) is -1.18. The van der Waals surface area contributed by atoms with Gasteiger partial charge in [0.15, 0.2) is 11.6 Å². The van der Waals surface area contributed by atoms with Crippen molar-refractivity contribution in [1.82, 2.24) is 9.97 Å². The van der Waals surface area contributed by atoms with E-state index >= 15 is 0 Å². The molecule has 3 aromatic rings. The van der Waals surface area contributed by atoms with Crippen LogP contribution in [0.5, 0.6) is 5.75 Å². The number of ether oxygens (including phenoxy) is 1. The molecular weight excluding hydrogens is 403 g/mol. The third kappa shape index (κ3) is 6.71. The maximum Gasteiger partial charge on any atom is 0.343 e. The number of rotatable bonds is 11. The van der Waals surface area contributed by atoms with Gasteiger partial charge in [0.2, 0.25) is 0 Å². The van der Waals surface area contributed by atoms with Crippen LogP contribution in [0.3, 0.4) is 0 Å². The van der Waals surface area contributed by atoms with Crippen LogP contribution in [0.2, 0.25) is 0 Å². The van der Waals surface area contributed by atoms with Crippen molar-refractivity contribution in [1.29, 1.82) is 0 Å². The molecule has 0 unspecified atom stereocenters. The molecule has 1 heterocycles. The van der Waals surface area contributed by atoms with Gasteiger partial charge in [-0.05, 0) is 49.1 Å². The molecule has 4 nitrogen and oxygen atoms in total. The number of carbonyl (C=O) groups is 1. The van der Waals surface area contributed by atoms with E-state index in [1.807, 2.05) is 13.1 Å². The first-order valence-corrected chi connectivity index (χ1v) is 11.5. The molecule has 3 rings (SSSR count). The van der Waals surface area contributed by atoms with Gasteiger partial charge in [0, 0.05) is 11.8 Å². The predicted octanol–water partition coefficient (Wildman–Crippen LogP) is 6.97. The fraction of sp³-hybridized carbons (Fsp3) is 0.370. The molecule has 0 aliphatic rings. The maximum atomic E-state index is 14.2. The maximum absolute atomic E-state index is 14.2. The third-order valence-corrected chi connectivity index (χ3v) is 5.40. The van der Waals surface area contributed by atoms with Crippen LogP contribution in [-0.4, -0.2) is 15.9 Å². The molecule has 0 bridgehead atoms. The first-order chi connectivity index (χ1) is 15.6. The number of halogens is 1. The van der Waals surface area contributed by atoms with E-state index in [0.717, 1.165) is 48.2 Å². The molecular formula is C27H31FN2O2. The van der Waals surface area contributed by atoms with Crippen LogP contribution < -0.4 is 4.74 Å². The second-order valence-electron chi connectivity index (χ2n) is 8.04. The minimum atomic E-state index is -0.594. The summed E-state index contributed by atoms with van der Waals surface area (Å²) in [4.78, 5) is 21.5. The number of carbonyl (C=O) groups excluding carboxylic acids is 1. The number of nitrogens with zero attached hydrogens (tertiary/aromatic N) is 2. The number of benzene rings is 2. The normalized spacial score (nSPS) is 10.8. The average Bonchev–Trinajstić information content (AvgIpc) is 2.81. The molecule has 0 fully saturated rings. The smallest absolute Gasteiger partial charge is 0.343 e. The average molecular weight is 435 g/mol. The Balaban J connectivity index is 1.58. The Hall–Kier alpha value is -3.08. The molecule has 1 aromatic heterocycles. The van der Waals surface area contributed by atoms with Crippen LogP contribution >= 0.6 is 0 Å². The molecule has 0 aliphatic heterocycles. The lowest BCUT2D eigenvalue weighted by Crippen LogP contribution is -2.09. The Morgan fingerprint density at radius 3 is 2.31 bits per heavy atom. The summed E-state index contributed by atoms with van der Waals surface area (Å²) in [6.45, 7) is 4.25. The summed E-state index contributed by atoms with van der Waals surface area (Å²) < 4.78 is 19.5. The Bertz CT molecular complexity index is 1000. The van der Waals surface area contributed by atoms with Crippen molar-refractivity contribution in [2.45, 2.75) is 65.2 Å². The molecule has 0 saturated heterocycles. The van der Waals surface area contributed by atoms with Crippen LogP contribution in [0.1, 0.15) is 74.0 Å². The molecule has 32 heavy (non-hydrogen) atoms. The number of aromatic nitrogens is 2. The minimum absolute atomic E-state index is 0.0601. The zero-order valence-corrected chi connectivity index (χ0v) is 18.9. The number of hydrogen-bond acceptors (Lipinski definition) is 4. The number of hydrogen-bond donors (Lipinski definition) is 0. The van der Waals surface area contributed by atoms with Gasteiger partial charge in [-0.25, -0.2) is 9.18 Å². The van der Waals surface area contributed by atoms with Crippen LogP contribution in [0.15, 0.2) is 54.9 Å². The molecule has 168 valence electrons. The number of unbranched alkanes of at least 4 members (excludes halogenated alkanes) is 4. The standard InChI is InChI=1S/C27H31FN2O2/c1-3-5-6-7-8-10-23-18-30-25(19-29-23)21-12-14-22(15-13-21)27(31)32-26-16-11-20(9-4-2)17-24(26)28/h11-19H,3-10H2,1-2H3. The molecule has 0 spiro atoms. The summed E-state index contributed by atoms with van der Waals surface area (Å²) in [6.07, 6.45) is 12.4. The van der Waals surface area contributed by atoms with Gasteiger partial charge in [-0.1, -0.05) is 64.2 Å². The molecule has 0 saturated carbocycles. The summed E-state index contributed by atoms with van der Waals surface area (Å²) in [6, 6.07) is 11.6. The first-order valence-electron chi connectivity index (χ1n) is 11.5. The summed E-state index contributed by atoms with van der Waals surface area (Å²) in [7, 11) is 0. The van der Waals surface area contributed by atoms with Crippen LogP contribution in [0.25, 0.3) is 11.3 Å². The highest BCUT2D eigenvalue weighted by molar-refractivity contribution is 5.91. The highest BCUT2D eigenvalue weighted by atomic mass is 19.1. The van der Waals surface area contributed by atoms with Crippen molar-refractivity contribution in [2.75, 3.05) is 0 Å². The lowest BCUT2D eigenvalue weighted by molar-refractivity contribution is 0.0728. The summed E-state index contributed by atoms with van der Waals surface area (Å²) in [5.41, 5.74) is 3.84. The van der Waals surface area contributed by atoms with E-state index < -0.39 is 11.8 Å². The molecule has 0 atom stereocenters. The predicted molar refractivity (Wildman–Crippen MR) is 125 cm³/mol. The third-order valence-electron chi connectivity index (χ3n) is 5.40. The number of aryl methyl sites for hydroxylation is 2. The van der Waals surface area contributed by atoms with E-state index in [-0.39, 0.29) is 5.75 Å². The lowest BCUT2D eigenvalue weighted by Gasteiger charge is -2.08. The second-order valence-corrected chi connectivity index (χ2v) is 8.04. The SMILES string of the molecule is CCCCCCCc1cnc(-c2ccc(C(=O)Oc3ccc(CCC)cc3F)cc2)cn1. The minimum Gasteiger partial charge on any atom is -0.420 e. The van der Waals surface area contributed by atoms with E-state index in [1.165, 1.54) is 37.8 Å². The van der Waals surface area contributed by atoms with E-state index in [4.69, 9.17) is 4.74 Å².